The van der Waals surface area contributed by atoms with E-state index in [1.54, 1.807) is 11.8 Å². The second-order valence-electron chi connectivity index (χ2n) is 3.89. The average Bonchev–Trinajstić information content (AvgIpc) is 2.06. The summed E-state index contributed by atoms with van der Waals surface area (Å²) in [6.07, 6.45) is 0.160. The molecule has 0 amide bonds. The number of halogens is 1. The number of carboxylic acids is 1. The van der Waals surface area contributed by atoms with Crippen molar-refractivity contribution in [2.75, 3.05) is 0 Å². The molecule has 0 heterocycles. The molecule has 4 heteroatoms. The van der Waals surface area contributed by atoms with Crippen LogP contribution >= 0.6 is 27.7 Å². The lowest BCUT2D eigenvalue weighted by atomic mass is 10.1. The standard InChI is InChI=1S/C11H13BrO2S/c1-11(2,7-10(13)14)15-9-5-3-8(12)4-6-9/h3-6H,7H2,1-2H3,(H,13,14). The zero-order valence-corrected chi connectivity index (χ0v) is 11.1. The van der Waals surface area contributed by atoms with Gasteiger partial charge in [0.1, 0.15) is 0 Å². The van der Waals surface area contributed by atoms with Gasteiger partial charge in [-0.1, -0.05) is 15.9 Å². The highest BCUT2D eigenvalue weighted by Crippen LogP contribution is 2.35. The molecule has 0 aliphatic heterocycles. The number of carboxylic acid groups (broad SMARTS) is 1. The third kappa shape index (κ3) is 4.71. The molecule has 0 unspecified atom stereocenters. The SMILES string of the molecule is CC(C)(CC(=O)O)Sc1ccc(Br)cc1. The number of aliphatic carboxylic acids is 1. The van der Waals surface area contributed by atoms with E-state index >= 15 is 0 Å². The summed E-state index contributed by atoms with van der Waals surface area (Å²) < 4.78 is 0.752. The summed E-state index contributed by atoms with van der Waals surface area (Å²) in [7, 11) is 0. The van der Waals surface area contributed by atoms with E-state index in [2.05, 4.69) is 15.9 Å². The van der Waals surface area contributed by atoms with Crippen LogP contribution in [0, 0.1) is 0 Å². The Morgan fingerprint density at radius 3 is 2.40 bits per heavy atom. The zero-order chi connectivity index (χ0) is 11.5. The van der Waals surface area contributed by atoms with E-state index in [4.69, 9.17) is 5.11 Å². The van der Waals surface area contributed by atoms with Gasteiger partial charge < -0.3 is 5.11 Å². The van der Waals surface area contributed by atoms with Crippen molar-refractivity contribution in [3.05, 3.63) is 28.7 Å². The van der Waals surface area contributed by atoms with Gasteiger partial charge in [-0.25, -0.2) is 0 Å². The minimum Gasteiger partial charge on any atom is -0.481 e. The van der Waals surface area contributed by atoms with E-state index < -0.39 is 5.97 Å². The van der Waals surface area contributed by atoms with Crippen LogP contribution in [0.15, 0.2) is 33.6 Å². The van der Waals surface area contributed by atoms with Gasteiger partial charge in [0.25, 0.3) is 0 Å². The monoisotopic (exact) mass is 288 g/mol. The molecule has 1 N–H and O–H groups in total. The molecule has 1 aromatic carbocycles. The second kappa shape index (κ2) is 5.03. The van der Waals surface area contributed by atoms with Crippen molar-refractivity contribution >= 4 is 33.7 Å². The summed E-state index contributed by atoms with van der Waals surface area (Å²) in [5.41, 5.74) is 0. The quantitative estimate of drug-likeness (QED) is 0.857. The predicted molar refractivity (Wildman–Crippen MR) is 66.3 cm³/mol. The average molecular weight is 289 g/mol. The van der Waals surface area contributed by atoms with Crippen molar-refractivity contribution in [1.82, 2.24) is 0 Å². The first-order valence-electron chi connectivity index (χ1n) is 4.55. The molecule has 1 aromatic rings. The van der Waals surface area contributed by atoms with Gasteiger partial charge in [0.05, 0.1) is 6.42 Å². The Morgan fingerprint density at radius 2 is 1.93 bits per heavy atom. The van der Waals surface area contributed by atoms with Crippen molar-refractivity contribution in [2.45, 2.75) is 29.9 Å². The largest absolute Gasteiger partial charge is 0.481 e. The van der Waals surface area contributed by atoms with Crippen LogP contribution in [-0.4, -0.2) is 15.8 Å². The molecule has 0 spiro atoms. The lowest BCUT2D eigenvalue weighted by Gasteiger charge is -2.21. The molecule has 0 bridgehead atoms. The first kappa shape index (κ1) is 12.6. The van der Waals surface area contributed by atoms with Crippen LogP contribution in [-0.2, 0) is 4.79 Å². The molecular weight excluding hydrogens is 276 g/mol. The summed E-state index contributed by atoms with van der Waals surface area (Å²) in [6.45, 7) is 3.88. The molecule has 2 nitrogen and oxygen atoms in total. The van der Waals surface area contributed by atoms with Crippen LogP contribution in [0.3, 0.4) is 0 Å². The summed E-state index contributed by atoms with van der Waals surface area (Å²) in [5.74, 6) is -0.760. The third-order valence-corrected chi connectivity index (χ3v) is 3.52. The fourth-order valence-corrected chi connectivity index (χ4v) is 2.59. The van der Waals surface area contributed by atoms with Crippen LogP contribution in [0.1, 0.15) is 20.3 Å². The maximum atomic E-state index is 10.6. The first-order chi connectivity index (χ1) is 6.89. The minimum absolute atomic E-state index is 0.160. The van der Waals surface area contributed by atoms with Crippen LogP contribution in [0.25, 0.3) is 0 Å². The molecule has 0 fully saturated rings. The third-order valence-electron chi connectivity index (χ3n) is 1.78. The van der Waals surface area contributed by atoms with Gasteiger partial charge in [0.15, 0.2) is 0 Å². The fraction of sp³-hybridized carbons (Fsp3) is 0.364. The van der Waals surface area contributed by atoms with Gasteiger partial charge in [-0.15, -0.1) is 11.8 Å². The van der Waals surface area contributed by atoms with E-state index in [-0.39, 0.29) is 11.2 Å². The lowest BCUT2D eigenvalue weighted by molar-refractivity contribution is -0.137. The number of thioether (sulfide) groups is 1. The van der Waals surface area contributed by atoms with E-state index in [9.17, 15) is 4.79 Å². The van der Waals surface area contributed by atoms with Crippen LogP contribution in [0.2, 0.25) is 0 Å². The van der Waals surface area contributed by atoms with Gasteiger partial charge in [0, 0.05) is 14.1 Å². The Kier molecular flexibility index (Phi) is 4.22. The summed E-state index contributed by atoms with van der Waals surface area (Å²) in [4.78, 5) is 11.7. The molecule has 0 aliphatic carbocycles. The highest BCUT2D eigenvalue weighted by molar-refractivity contribution is 9.10. The predicted octanol–water partition coefficient (Wildman–Crippen LogP) is 3.79. The Hall–Kier alpha value is -0.480. The van der Waals surface area contributed by atoms with Crippen molar-refractivity contribution in [3.63, 3.8) is 0 Å². The maximum absolute atomic E-state index is 10.6. The summed E-state index contributed by atoms with van der Waals surface area (Å²) in [6, 6.07) is 7.88. The van der Waals surface area contributed by atoms with Crippen molar-refractivity contribution < 1.29 is 9.90 Å². The van der Waals surface area contributed by atoms with E-state index in [0.717, 1.165) is 9.37 Å². The smallest absolute Gasteiger partial charge is 0.304 e. The Morgan fingerprint density at radius 1 is 1.40 bits per heavy atom. The van der Waals surface area contributed by atoms with Gasteiger partial charge in [0.2, 0.25) is 0 Å². The van der Waals surface area contributed by atoms with E-state index in [1.165, 1.54) is 0 Å². The Bertz CT molecular complexity index is 346. The molecule has 0 radical (unpaired) electrons. The lowest BCUT2D eigenvalue weighted by Crippen LogP contribution is -2.19. The highest BCUT2D eigenvalue weighted by Gasteiger charge is 2.22. The molecule has 15 heavy (non-hydrogen) atoms. The van der Waals surface area contributed by atoms with Crippen LogP contribution in [0.4, 0.5) is 0 Å². The Labute approximate surface area is 102 Å². The summed E-state index contributed by atoms with van der Waals surface area (Å²) in [5, 5.41) is 8.75. The fourth-order valence-electron chi connectivity index (χ4n) is 1.22. The normalized spacial score (nSPS) is 11.4. The van der Waals surface area contributed by atoms with Crippen LogP contribution in [0.5, 0.6) is 0 Å². The van der Waals surface area contributed by atoms with Crippen molar-refractivity contribution in [3.8, 4) is 0 Å². The van der Waals surface area contributed by atoms with Gasteiger partial charge in [-0.3, -0.25) is 4.79 Å². The molecule has 1 rings (SSSR count). The number of rotatable bonds is 4. The van der Waals surface area contributed by atoms with E-state index in [1.807, 2.05) is 38.1 Å². The molecule has 0 saturated heterocycles. The Balaban J connectivity index is 2.68. The molecule has 0 atom stereocenters. The summed E-state index contributed by atoms with van der Waals surface area (Å²) >= 11 is 4.94. The highest BCUT2D eigenvalue weighted by atomic mass is 79.9. The molecule has 0 saturated carbocycles. The molecular formula is C11H13BrO2S. The van der Waals surface area contributed by atoms with Gasteiger partial charge in [-0.05, 0) is 38.1 Å². The van der Waals surface area contributed by atoms with Crippen molar-refractivity contribution in [2.24, 2.45) is 0 Å². The molecule has 0 aliphatic rings. The van der Waals surface area contributed by atoms with Gasteiger partial charge >= 0.3 is 5.97 Å². The van der Waals surface area contributed by atoms with Gasteiger partial charge in [-0.2, -0.15) is 0 Å². The molecule has 0 aromatic heterocycles. The topological polar surface area (TPSA) is 37.3 Å². The van der Waals surface area contributed by atoms with Crippen molar-refractivity contribution in [1.29, 1.82) is 0 Å². The first-order valence-corrected chi connectivity index (χ1v) is 6.16. The number of hydrogen-bond acceptors (Lipinski definition) is 2. The molecule has 82 valence electrons. The second-order valence-corrected chi connectivity index (χ2v) is 6.58. The minimum atomic E-state index is -0.760. The van der Waals surface area contributed by atoms with Crippen LogP contribution < -0.4 is 0 Å². The number of benzene rings is 1. The number of carbonyl (C=O) groups is 1. The van der Waals surface area contributed by atoms with E-state index in [0.29, 0.717) is 0 Å². The maximum Gasteiger partial charge on any atom is 0.304 e. The zero-order valence-electron chi connectivity index (χ0n) is 8.66. The number of hydrogen-bond donors (Lipinski definition) is 1.